The molecule has 1 aliphatic heterocycles. The van der Waals surface area contributed by atoms with Gasteiger partial charge in [-0.3, -0.25) is 9.59 Å². The summed E-state index contributed by atoms with van der Waals surface area (Å²) in [6.07, 6.45) is 0.622. The number of methoxy groups -OCH3 is 2. The van der Waals surface area contributed by atoms with Gasteiger partial charge in [0.05, 0.1) is 31.2 Å². The van der Waals surface area contributed by atoms with Crippen molar-refractivity contribution in [3.8, 4) is 11.5 Å². The first-order valence-electron chi connectivity index (χ1n) is 11.2. The number of amides is 1. The molecule has 1 aromatic heterocycles. The summed E-state index contributed by atoms with van der Waals surface area (Å²) in [5.41, 5.74) is 3.45. The lowest BCUT2D eigenvalue weighted by Gasteiger charge is -2.25. The predicted octanol–water partition coefficient (Wildman–Crippen LogP) is 4.91. The molecular formula is C28H25NO5. The van der Waals surface area contributed by atoms with Gasteiger partial charge in [0.15, 0.2) is 5.43 Å². The lowest BCUT2D eigenvalue weighted by Crippen LogP contribution is -2.31. The number of hydrogen-bond donors (Lipinski definition) is 0. The van der Waals surface area contributed by atoms with Crippen LogP contribution in [0.4, 0.5) is 0 Å². The van der Waals surface area contributed by atoms with Gasteiger partial charge < -0.3 is 18.8 Å². The quantitative estimate of drug-likeness (QED) is 0.413. The van der Waals surface area contributed by atoms with E-state index in [1.807, 2.05) is 67.6 Å². The van der Waals surface area contributed by atoms with Crippen molar-refractivity contribution in [2.24, 2.45) is 0 Å². The zero-order chi connectivity index (χ0) is 23.8. The van der Waals surface area contributed by atoms with Crippen molar-refractivity contribution in [2.45, 2.75) is 19.4 Å². The summed E-state index contributed by atoms with van der Waals surface area (Å²) in [4.78, 5) is 28.9. The van der Waals surface area contributed by atoms with Crippen LogP contribution in [0.25, 0.3) is 11.0 Å². The number of nitrogens with zero attached hydrogens (tertiary/aromatic N) is 1. The summed E-state index contributed by atoms with van der Waals surface area (Å²) >= 11 is 0. The van der Waals surface area contributed by atoms with E-state index in [0.717, 1.165) is 22.4 Å². The van der Waals surface area contributed by atoms with E-state index in [1.165, 1.54) is 0 Å². The van der Waals surface area contributed by atoms with E-state index >= 15 is 0 Å². The van der Waals surface area contributed by atoms with Crippen LogP contribution in [0.1, 0.15) is 38.9 Å². The third-order valence-corrected chi connectivity index (χ3v) is 6.33. The van der Waals surface area contributed by atoms with Crippen molar-refractivity contribution in [1.82, 2.24) is 4.90 Å². The van der Waals surface area contributed by atoms with Crippen LogP contribution in [-0.2, 0) is 6.42 Å². The van der Waals surface area contributed by atoms with Crippen LogP contribution in [0.3, 0.4) is 0 Å². The third kappa shape index (κ3) is 3.71. The topological polar surface area (TPSA) is 69.0 Å². The Hall–Kier alpha value is -4.06. The number of benzene rings is 3. The number of aryl methyl sites for hydroxylation is 1. The Morgan fingerprint density at radius 1 is 0.912 bits per heavy atom. The molecule has 6 nitrogen and oxygen atoms in total. The molecule has 0 spiro atoms. The van der Waals surface area contributed by atoms with Crippen molar-refractivity contribution >= 4 is 16.9 Å². The first-order chi connectivity index (χ1) is 16.5. The standard InChI is InChI=1S/C28H25NO5/c1-17-7-12-23-22(15-17)26(30)24-25(19-5-4-6-21(16-19)33-3)29(28(31)27(24)34-23)14-13-18-8-10-20(32-2)11-9-18/h4-12,15-16,25H,13-14H2,1-3H3. The molecule has 4 aromatic rings. The van der Waals surface area contributed by atoms with Crippen molar-refractivity contribution in [1.29, 1.82) is 0 Å². The molecule has 0 fully saturated rings. The highest BCUT2D eigenvalue weighted by atomic mass is 16.5. The Labute approximate surface area is 197 Å². The van der Waals surface area contributed by atoms with Crippen LogP contribution in [-0.4, -0.2) is 31.6 Å². The van der Waals surface area contributed by atoms with Gasteiger partial charge in [-0.15, -0.1) is 0 Å². The third-order valence-electron chi connectivity index (χ3n) is 6.33. The molecule has 0 saturated carbocycles. The fourth-order valence-corrected chi connectivity index (χ4v) is 4.56. The molecule has 0 bridgehead atoms. The van der Waals surface area contributed by atoms with Crippen LogP contribution in [0, 0.1) is 6.92 Å². The van der Waals surface area contributed by atoms with Gasteiger partial charge in [-0.1, -0.05) is 35.9 Å². The molecule has 3 aromatic carbocycles. The van der Waals surface area contributed by atoms with Gasteiger partial charge in [-0.05, 0) is 60.9 Å². The van der Waals surface area contributed by atoms with Crippen LogP contribution in [0.15, 0.2) is 75.9 Å². The van der Waals surface area contributed by atoms with E-state index in [4.69, 9.17) is 13.9 Å². The van der Waals surface area contributed by atoms with E-state index in [0.29, 0.717) is 35.2 Å². The molecule has 0 saturated heterocycles. The number of carbonyl (C=O) groups is 1. The van der Waals surface area contributed by atoms with Crippen LogP contribution in [0.2, 0.25) is 0 Å². The van der Waals surface area contributed by atoms with Crippen LogP contribution in [0.5, 0.6) is 11.5 Å². The number of carbonyl (C=O) groups excluding carboxylic acids is 1. The molecule has 1 aliphatic rings. The maximum atomic E-state index is 13.7. The normalized spacial score (nSPS) is 15.0. The van der Waals surface area contributed by atoms with Crippen LogP contribution < -0.4 is 14.9 Å². The van der Waals surface area contributed by atoms with Gasteiger partial charge in [0.25, 0.3) is 5.91 Å². The smallest absolute Gasteiger partial charge is 0.290 e. The lowest BCUT2D eigenvalue weighted by molar-refractivity contribution is 0.0730. The van der Waals surface area contributed by atoms with Gasteiger partial charge in [-0.25, -0.2) is 0 Å². The Kier molecular flexibility index (Phi) is 5.57. The number of ether oxygens (including phenoxy) is 2. The minimum Gasteiger partial charge on any atom is -0.497 e. The van der Waals surface area contributed by atoms with Gasteiger partial charge in [0.1, 0.15) is 17.1 Å². The maximum Gasteiger partial charge on any atom is 0.290 e. The number of rotatable bonds is 6. The molecule has 0 radical (unpaired) electrons. The second-order valence-electron chi connectivity index (χ2n) is 8.45. The fourth-order valence-electron chi connectivity index (χ4n) is 4.56. The zero-order valence-electron chi connectivity index (χ0n) is 19.3. The molecule has 6 heteroatoms. The van der Waals surface area contributed by atoms with Crippen molar-refractivity contribution in [3.63, 3.8) is 0 Å². The molecule has 172 valence electrons. The molecular weight excluding hydrogens is 430 g/mol. The first-order valence-corrected chi connectivity index (χ1v) is 11.2. The van der Waals surface area contributed by atoms with Crippen molar-refractivity contribution in [2.75, 3.05) is 20.8 Å². The summed E-state index contributed by atoms with van der Waals surface area (Å²) in [6.45, 7) is 2.35. The summed E-state index contributed by atoms with van der Waals surface area (Å²) < 4.78 is 16.7. The summed E-state index contributed by atoms with van der Waals surface area (Å²) in [5.74, 6) is 1.27. The molecule has 0 N–H and O–H groups in total. The summed E-state index contributed by atoms with van der Waals surface area (Å²) in [7, 11) is 3.22. The molecule has 1 atom stereocenters. The van der Waals surface area contributed by atoms with Crippen molar-refractivity contribution < 1.29 is 18.7 Å². The highest BCUT2D eigenvalue weighted by Crippen LogP contribution is 2.39. The fraction of sp³-hybridized carbons (Fsp3) is 0.214. The minimum absolute atomic E-state index is 0.115. The Morgan fingerprint density at radius 3 is 2.41 bits per heavy atom. The van der Waals surface area contributed by atoms with E-state index in [1.54, 1.807) is 25.2 Å². The van der Waals surface area contributed by atoms with E-state index in [9.17, 15) is 9.59 Å². The predicted molar refractivity (Wildman–Crippen MR) is 130 cm³/mol. The average Bonchev–Trinajstić information content (AvgIpc) is 3.15. The van der Waals surface area contributed by atoms with E-state index in [-0.39, 0.29) is 17.1 Å². The molecule has 0 aliphatic carbocycles. The largest absolute Gasteiger partial charge is 0.497 e. The number of fused-ring (bicyclic) bond motifs is 2. The minimum atomic E-state index is -0.558. The Morgan fingerprint density at radius 2 is 1.68 bits per heavy atom. The number of hydrogen-bond acceptors (Lipinski definition) is 5. The Balaban J connectivity index is 1.61. The molecule has 5 rings (SSSR count). The van der Waals surface area contributed by atoms with E-state index in [2.05, 4.69) is 0 Å². The van der Waals surface area contributed by atoms with Gasteiger partial charge in [-0.2, -0.15) is 0 Å². The zero-order valence-corrected chi connectivity index (χ0v) is 19.3. The monoisotopic (exact) mass is 455 g/mol. The first kappa shape index (κ1) is 21.8. The van der Waals surface area contributed by atoms with Gasteiger partial charge in [0, 0.05) is 6.54 Å². The molecule has 1 unspecified atom stereocenters. The second-order valence-corrected chi connectivity index (χ2v) is 8.45. The summed E-state index contributed by atoms with van der Waals surface area (Å²) in [5, 5.41) is 0.483. The average molecular weight is 456 g/mol. The molecule has 1 amide bonds. The van der Waals surface area contributed by atoms with Crippen molar-refractivity contribution in [3.05, 3.63) is 105 Å². The summed E-state index contributed by atoms with van der Waals surface area (Å²) in [6, 6.07) is 20.1. The van der Waals surface area contributed by atoms with Gasteiger partial charge >= 0.3 is 0 Å². The second kappa shape index (κ2) is 8.71. The molecule has 34 heavy (non-hydrogen) atoms. The maximum absolute atomic E-state index is 13.7. The van der Waals surface area contributed by atoms with Gasteiger partial charge in [0.2, 0.25) is 5.76 Å². The highest BCUT2D eigenvalue weighted by Gasteiger charge is 2.42. The molecule has 2 heterocycles. The lowest BCUT2D eigenvalue weighted by atomic mass is 9.97. The SMILES string of the molecule is COc1ccc(CCN2C(=O)c3oc4ccc(C)cc4c(=O)c3C2c2cccc(OC)c2)cc1. The Bertz CT molecular complexity index is 1440. The van der Waals surface area contributed by atoms with E-state index < -0.39 is 6.04 Å². The van der Waals surface area contributed by atoms with Crippen LogP contribution >= 0.6 is 0 Å². The highest BCUT2D eigenvalue weighted by molar-refractivity contribution is 5.99.